The third-order valence-corrected chi connectivity index (χ3v) is 5.65. The van der Waals surface area contributed by atoms with Crippen LogP contribution in [-0.4, -0.2) is 23.3 Å². The highest BCUT2D eigenvalue weighted by Crippen LogP contribution is 2.33. The minimum absolute atomic E-state index is 0.0240. The molecule has 2 amide bonds. The molecule has 4 aromatic rings. The average Bonchev–Trinajstić information content (AvgIpc) is 3.39. The van der Waals surface area contributed by atoms with Crippen LogP contribution < -0.4 is 11.1 Å². The Labute approximate surface area is 186 Å². The molecule has 0 radical (unpaired) electrons. The van der Waals surface area contributed by atoms with E-state index in [1.165, 1.54) is 17.2 Å². The number of hydrogen-bond acceptors (Lipinski definition) is 5. The smallest absolute Gasteiger partial charge is 0.291 e. The van der Waals surface area contributed by atoms with Gasteiger partial charge in [0.15, 0.2) is 17.2 Å². The fourth-order valence-corrected chi connectivity index (χ4v) is 4.09. The van der Waals surface area contributed by atoms with Gasteiger partial charge in [-0.3, -0.25) is 14.5 Å². The third-order valence-electron chi connectivity index (χ3n) is 5.65. The zero-order chi connectivity index (χ0) is 23.1. The van der Waals surface area contributed by atoms with Crippen molar-refractivity contribution in [3.05, 3.63) is 88.6 Å². The number of nitrogens with two attached hydrogens (primary N) is 1. The Morgan fingerprint density at radius 3 is 2.64 bits per heavy atom. The lowest BCUT2D eigenvalue weighted by atomic mass is 10.00. The SMILES string of the molecule is NC(=O)c1oc2c(F)cc(F)cc2c1NC(=O)c1ccc(CN2CCc3ccccc3C2)o1. The Hall–Kier alpha value is -3.98. The number of primary amides is 1. The van der Waals surface area contributed by atoms with Crippen molar-refractivity contribution in [2.24, 2.45) is 5.73 Å². The molecule has 9 heteroatoms. The van der Waals surface area contributed by atoms with Crippen LogP contribution in [0.15, 0.2) is 57.4 Å². The number of carbonyl (C=O) groups excluding carboxylic acids is 2. The number of halogens is 2. The van der Waals surface area contributed by atoms with Gasteiger partial charge in [0.2, 0.25) is 5.76 Å². The lowest BCUT2D eigenvalue weighted by Gasteiger charge is -2.27. The van der Waals surface area contributed by atoms with Crippen molar-refractivity contribution in [1.29, 1.82) is 0 Å². The van der Waals surface area contributed by atoms with Gasteiger partial charge >= 0.3 is 0 Å². The summed E-state index contributed by atoms with van der Waals surface area (Å²) in [7, 11) is 0. The van der Waals surface area contributed by atoms with E-state index in [2.05, 4.69) is 22.3 Å². The summed E-state index contributed by atoms with van der Waals surface area (Å²) < 4.78 is 38.6. The van der Waals surface area contributed by atoms with Gasteiger partial charge in [0.25, 0.3) is 11.8 Å². The van der Waals surface area contributed by atoms with Gasteiger partial charge in [-0.25, -0.2) is 8.78 Å². The summed E-state index contributed by atoms with van der Waals surface area (Å²) in [5, 5.41) is 2.32. The fraction of sp³-hybridized carbons (Fsp3) is 0.167. The lowest BCUT2D eigenvalue weighted by molar-refractivity contribution is 0.0976. The number of furan rings is 2. The number of hydrogen-bond donors (Lipinski definition) is 2. The topological polar surface area (TPSA) is 102 Å². The van der Waals surface area contributed by atoms with E-state index in [0.29, 0.717) is 18.4 Å². The molecule has 2 aromatic heterocycles. The second kappa shape index (κ2) is 8.18. The Bertz CT molecular complexity index is 1390. The molecule has 0 aliphatic carbocycles. The van der Waals surface area contributed by atoms with Crippen LogP contribution in [0, 0.1) is 11.6 Å². The number of fused-ring (bicyclic) bond motifs is 2. The summed E-state index contributed by atoms with van der Waals surface area (Å²) in [4.78, 5) is 26.7. The minimum atomic E-state index is -1.04. The third kappa shape index (κ3) is 3.98. The molecule has 5 rings (SSSR count). The maximum absolute atomic E-state index is 14.1. The highest BCUT2D eigenvalue weighted by molar-refractivity contribution is 6.13. The molecule has 0 saturated carbocycles. The second-order valence-electron chi connectivity index (χ2n) is 7.88. The van der Waals surface area contributed by atoms with Crippen LogP contribution in [0.5, 0.6) is 0 Å². The highest BCUT2D eigenvalue weighted by Gasteiger charge is 2.25. The molecule has 0 bridgehead atoms. The largest absolute Gasteiger partial charge is 0.455 e. The molecule has 1 aliphatic heterocycles. The van der Waals surface area contributed by atoms with Crippen molar-refractivity contribution in [3.63, 3.8) is 0 Å². The van der Waals surface area contributed by atoms with Crippen LogP contribution in [0.1, 0.15) is 38.0 Å². The van der Waals surface area contributed by atoms with Crippen LogP contribution >= 0.6 is 0 Å². The molecule has 3 N–H and O–H groups in total. The Morgan fingerprint density at radius 1 is 1.06 bits per heavy atom. The van der Waals surface area contributed by atoms with E-state index in [1.807, 2.05) is 12.1 Å². The van der Waals surface area contributed by atoms with Gasteiger partial charge in [-0.2, -0.15) is 0 Å². The van der Waals surface area contributed by atoms with E-state index in [0.717, 1.165) is 25.6 Å². The van der Waals surface area contributed by atoms with Crippen molar-refractivity contribution < 1.29 is 27.2 Å². The molecule has 168 valence electrons. The molecule has 0 saturated heterocycles. The number of carbonyl (C=O) groups is 2. The lowest BCUT2D eigenvalue weighted by Crippen LogP contribution is -2.29. The summed E-state index contributed by atoms with van der Waals surface area (Å²) in [5.41, 5.74) is 7.29. The maximum atomic E-state index is 14.1. The van der Waals surface area contributed by atoms with E-state index in [4.69, 9.17) is 14.6 Å². The van der Waals surface area contributed by atoms with E-state index >= 15 is 0 Å². The maximum Gasteiger partial charge on any atom is 0.291 e. The van der Waals surface area contributed by atoms with Crippen LogP contribution in [0.2, 0.25) is 0 Å². The van der Waals surface area contributed by atoms with Crippen LogP contribution in [-0.2, 0) is 19.5 Å². The minimum Gasteiger partial charge on any atom is -0.455 e. The second-order valence-corrected chi connectivity index (χ2v) is 7.88. The first-order valence-electron chi connectivity index (χ1n) is 10.3. The van der Waals surface area contributed by atoms with E-state index in [-0.39, 0.29) is 22.4 Å². The van der Waals surface area contributed by atoms with E-state index in [1.54, 1.807) is 6.07 Å². The van der Waals surface area contributed by atoms with Gasteiger partial charge in [0, 0.05) is 19.2 Å². The summed E-state index contributed by atoms with van der Waals surface area (Å²) in [6.45, 7) is 2.15. The first-order valence-corrected chi connectivity index (χ1v) is 10.3. The number of nitrogens with zero attached hydrogens (tertiary/aromatic N) is 1. The molecule has 2 aromatic carbocycles. The van der Waals surface area contributed by atoms with Gasteiger partial charge in [-0.1, -0.05) is 24.3 Å². The van der Waals surface area contributed by atoms with Crippen molar-refractivity contribution in [2.75, 3.05) is 11.9 Å². The van der Waals surface area contributed by atoms with Crippen LogP contribution in [0.25, 0.3) is 11.0 Å². The summed E-state index contributed by atoms with van der Waals surface area (Å²) in [6.07, 6.45) is 0.931. The predicted molar refractivity (Wildman–Crippen MR) is 116 cm³/mol. The highest BCUT2D eigenvalue weighted by atomic mass is 19.1. The number of anilines is 1. The van der Waals surface area contributed by atoms with Crippen LogP contribution in [0.3, 0.4) is 0 Å². The van der Waals surface area contributed by atoms with E-state index in [9.17, 15) is 18.4 Å². The van der Waals surface area contributed by atoms with Gasteiger partial charge in [-0.05, 0) is 35.7 Å². The summed E-state index contributed by atoms with van der Waals surface area (Å²) >= 11 is 0. The normalized spacial score (nSPS) is 13.8. The average molecular weight is 451 g/mol. The van der Waals surface area contributed by atoms with Gasteiger partial charge < -0.3 is 19.9 Å². The Morgan fingerprint density at radius 2 is 1.85 bits per heavy atom. The molecule has 0 unspecified atom stereocenters. The van der Waals surface area contributed by atoms with Gasteiger partial charge in [0.1, 0.15) is 17.3 Å². The fourth-order valence-electron chi connectivity index (χ4n) is 4.09. The number of rotatable bonds is 5. The molecular formula is C24H19F2N3O4. The molecule has 0 fully saturated rings. The first kappa shape index (κ1) is 20.9. The van der Waals surface area contributed by atoms with Gasteiger partial charge in [0.05, 0.1) is 11.9 Å². The van der Waals surface area contributed by atoms with Gasteiger partial charge in [-0.15, -0.1) is 0 Å². The zero-order valence-electron chi connectivity index (χ0n) is 17.4. The van der Waals surface area contributed by atoms with Crippen LogP contribution in [0.4, 0.5) is 14.5 Å². The Kier molecular flexibility index (Phi) is 5.18. The first-order chi connectivity index (χ1) is 15.9. The molecule has 3 heterocycles. The quantitative estimate of drug-likeness (QED) is 0.473. The standard InChI is InChI=1S/C24H19F2N3O4/c25-15-9-17-20(22(23(27)30)33-21(17)18(26)10-15)28-24(31)19-6-5-16(32-19)12-29-8-7-13-3-1-2-4-14(13)11-29/h1-6,9-10H,7-8,11-12H2,(H2,27,30)(H,28,31). The molecule has 7 nitrogen and oxygen atoms in total. The van der Waals surface area contributed by atoms with Crippen molar-refractivity contribution >= 4 is 28.5 Å². The molecule has 0 atom stereocenters. The molecule has 33 heavy (non-hydrogen) atoms. The van der Waals surface area contributed by atoms with Crippen molar-refractivity contribution in [3.8, 4) is 0 Å². The number of benzene rings is 2. The number of nitrogens with one attached hydrogen (secondary N) is 1. The summed E-state index contributed by atoms with van der Waals surface area (Å²) in [5.74, 6) is -3.58. The predicted octanol–water partition coefficient (Wildman–Crippen LogP) is 4.21. The van der Waals surface area contributed by atoms with Crippen molar-refractivity contribution in [1.82, 2.24) is 4.90 Å². The Balaban J connectivity index is 1.35. The monoisotopic (exact) mass is 451 g/mol. The molecular weight excluding hydrogens is 432 g/mol. The molecule has 0 spiro atoms. The summed E-state index contributed by atoms with van der Waals surface area (Å²) in [6, 6.07) is 13.0. The van der Waals surface area contributed by atoms with E-state index < -0.39 is 29.2 Å². The molecule has 1 aliphatic rings. The zero-order valence-corrected chi connectivity index (χ0v) is 17.4. The number of amides is 2. The van der Waals surface area contributed by atoms with Crippen molar-refractivity contribution in [2.45, 2.75) is 19.5 Å².